The largest absolute Gasteiger partial charge is 0.456 e. The quantitative estimate of drug-likeness (QED) is 0.514. The molecule has 0 saturated carbocycles. The third-order valence-electron chi connectivity index (χ3n) is 2.87. The number of rotatable bonds is 3. The van der Waals surface area contributed by atoms with Crippen LogP contribution in [0.2, 0.25) is 0 Å². The molecule has 0 fully saturated rings. The summed E-state index contributed by atoms with van der Waals surface area (Å²) in [6, 6.07) is 9.28. The van der Waals surface area contributed by atoms with Crippen LogP contribution in [0.5, 0.6) is 11.5 Å². The Bertz CT molecular complexity index is 654. The highest BCUT2D eigenvalue weighted by Gasteiger charge is 2.35. The molecular formula is C15H11Br2F3O. The standard InChI is InChI=1S/C15H11Br2F3O/c1-9-2-4-11(17)7-14(9)21-13-5-3-10(8-16)6-12(13)15(18,19)20/h2-7H,8H2,1H3. The van der Waals surface area contributed by atoms with Crippen LogP contribution in [0.3, 0.4) is 0 Å². The SMILES string of the molecule is Cc1ccc(Br)cc1Oc1ccc(CBr)cc1C(F)(F)F. The molecule has 0 bridgehead atoms. The topological polar surface area (TPSA) is 9.23 Å². The monoisotopic (exact) mass is 422 g/mol. The number of hydrogen-bond acceptors (Lipinski definition) is 1. The van der Waals surface area contributed by atoms with Gasteiger partial charge in [-0.2, -0.15) is 13.2 Å². The fraction of sp³-hybridized carbons (Fsp3) is 0.200. The lowest BCUT2D eigenvalue weighted by Gasteiger charge is -2.16. The van der Waals surface area contributed by atoms with Crippen molar-refractivity contribution in [1.82, 2.24) is 0 Å². The Balaban J connectivity index is 2.46. The molecule has 0 amide bonds. The summed E-state index contributed by atoms with van der Waals surface area (Å²) in [6.07, 6.45) is -4.46. The molecule has 0 aliphatic carbocycles. The van der Waals surface area contributed by atoms with Gasteiger partial charge in [-0.05, 0) is 42.3 Å². The van der Waals surface area contributed by atoms with E-state index in [9.17, 15) is 13.2 Å². The summed E-state index contributed by atoms with van der Waals surface area (Å²) < 4.78 is 45.7. The minimum absolute atomic E-state index is 0.201. The summed E-state index contributed by atoms with van der Waals surface area (Å²) in [5.41, 5.74) is 0.523. The van der Waals surface area contributed by atoms with Gasteiger partial charge in [-0.15, -0.1) is 0 Å². The summed E-state index contributed by atoms with van der Waals surface area (Å²) in [4.78, 5) is 0. The first kappa shape index (κ1) is 16.4. The Labute approximate surface area is 137 Å². The lowest BCUT2D eigenvalue weighted by molar-refractivity contribution is -0.138. The zero-order chi connectivity index (χ0) is 15.6. The molecule has 0 radical (unpaired) electrons. The van der Waals surface area contributed by atoms with Gasteiger partial charge in [0.05, 0.1) is 5.56 Å². The van der Waals surface area contributed by atoms with Gasteiger partial charge in [-0.3, -0.25) is 0 Å². The highest BCUT2D eigenvalue weighted by molar-refractivity contribution is 9.10. The lowest BCUT2D eigenvalue weighted by Crippen LogP contribution is -2.08. The Morgan fingerprint density at radius 3 is 2.38 bits per heavy atom. The third kappa shape index (κ3) is 4.01. The maximum absolute atomic E-state index is 13.1. The zero-order valence-corrected chi connectivity index (χ0v) is 14.1. The number of aryl methyl sites for hydroxylation is 1. The van der Waals surface area contributed by atoms with Gasteiger partial charge in [0.1, 0.15) is 11.5 Å². The van der Waals surface area contributed by atoms with Gasteiger partial charge in [-0.25, -0.2) is 0 Å². The summed E-state index contributed by atoms with van der Waals surface area (Å²) in [7, 11) is 0. The molecule has 2 aromatic rings. The van der Waals surface area contributed by atoms with E-state index in [1.807, 2.05) is 0 Å². The van der Waals surface area contributed by atoms with Gasteiger partial charge in [0.2, 0.25) is 0 Å². The summed E-state index contributed by atoms with van der Waals surface area (Å²) >= 11 is 6.44. The number of hydrogen-bond donors (Lipinski definition) is 0. The number of ether oxygens (including phenoxy) is 1. The average molecular weight is 424 g/mol. The van der Waals surface area contributed by atoms with Crippen molar-refractivity contribution in [2.75, 3.05) is 0 Å². The van der Waals surface area contributed by atoms with Crippen LogP contribution in [0.4, 0.5) is 13.2 Å². The Morgan fingerprint density at radius 2 is 1.76 bits per heavy atom. The van der Waals surface area contributed by atoms with Crippen molar-refractivity contribution < 1.29 is 17.9 Å². The third-order valence-corrected chi connectivity index (χ3v) is 4.01. The lowest BCUT2D eigenvalue weighted by atomic mass is 10.1. The molecule has 0 atom stereocenters. The molecule has 0 aliphatic heterocycles. The molecule has 0 aliphatic rings. The van der Waals surface area contributed by atoms with Crippen molar-refractivity contribution in [1.29, 1.82) is 0 Å². The van der Waals surface area contributed by atoms with E-state index >= 15 is 0 Å². The first-order valence-electron chi connectivity index (χ1n) is 6.01. The fourth-order valence-electron chi connectivity index (χ4n) is 1.77. The van der Waals surface area contributed by atoms with Gasteiger partial charge < -0.3 is 4.74 Å². The van der Waals surface area contributed by atoms with Crippen molar-refractivity contribution in [2.24, 2.45) is 0 Å². The molecule has 0 unspecified atom stereocenters. The summed E-state index contributed by atoms with van der Waals surface area (Å²) in [6.45, 7) is 1.78. The smallest absolute Gasteiger partial charge is 0.419 e. The van der Waals surface area contributed by atoms with Crippen LogP contribution in [0.15, 0.2) is 40.9 Å². The van der Waals surface area contributed by atoms with Gasteiger partial charge in [-0.1, -0.05) is 44.0 Å². The van der Waals surface area contributed by atoms with Crippen molar-refractivity contribution in [3.05, 3.63) is 57.6 Å². The minimum Gasteiger partial charge on any atom is -0.456 e. The normalized spacial score (nSPS) is 11.5. The van der Waals surface area contributed by atoms with E-state index < -0.39 is 11.7 Å². The van der Waals surface area contributed by atoms with Crippen LogP contribution >= 0.6 is 31.9 Å². The van der Waals surface area contributed by atoms with E-state index in [1.165, 1.54) is 6.07 Å². The molecule has 2 rings (SSSR count). The second-order valence-electron chi connectivity index (χ2n) is 4.47. The van der Waals surface area contributed by atoms with Crippen LogP contribution in [0.1, 0.15) is 16.7 Å². The molecule has 0 spiro atoms. The molecule has 0 saturated heterocycles. The number of benzene rings is 2. The van der Waals surface area contributed by atoms with E-state index in [-0.39, 0.29) is 5.75 Å². The van der Waals surface area contributed by atoms with Crippen LogP contribution < -0.4 is 4.74 Å². The van der Waals surface area contributed by atoms with Gasteiger partial charge in [0.15, 0.2) is 0 Å². The summed E-state index contributed by atoms with van der Waals surface area (Å²) in [5, 5.41) is 0.353. The minimum atomic E-state index is -4.46. The van der Waals surface area contributed by atoms with Gasteiger partial charge >= 0.3 is 6.18 Å². The predicted octanol–water partition coefficient (Wildman–Crippen LogP) is 6.46. The van der Waals surface area contributed by atoms with Crippen LogP contribution in [-0.2, 0) is 11.5 Å². The molecule has 21 heavy (non-hydrogen) atoms. The van der Waals surface area contributed by atoms with Crippen LogP contribution in [0, 0.1) is 6.92 Å². The molecule has 0 aromatic heterocycles. The molecule has 112 valence electrons. The summed E-state index contributed by atoms with van der Waals surface area (Å²) in [5.74, 6) is 0.190. The van der Waals surface area contributed by atoms with Crippen molar-refractivity contribution in [2.45, 2.75) is 18.4 Å². The maximum atomic E-state index is 13.1. The van der Waals surface area contributed by atoms with E-state index in [1.54, 1.807) is 31.2 Å². The molecule has 1 nitrogen and oxygen atoms in total. The van der Waals surface area contributed by atoms with E-state index in [2.05, 4.69) is 31.9 Å². The Hall–Kier alpha value is -1.01. The highest BCUT2D eigenvalue weighted by atomic mass is 79.9. The number of alkyl halides is 4. The average Bonchev–Trinajstić information content (AvgIpc) is 2.42. The maximum Gasteiger partial charge on any atom is 0.419 e. The first-order valence-corrected chi connectivity index (χ1v) is 7.93. The Kier molecular flexibility index (Phi) is 4.99. The number of halogens is 5. The second-order valence-corrected chi connectivity index (χ2v) is 5.95. The highest BCUT2D eigenvalue weighted by Crippen LogP contribution is 2.40. The molecular weight excluding hydrogens is 413 g/mol. The van der Waals surface area contributed by atoms with Gasteiger partial charge in [0, 0.05) is 9.80 Å². The molecule has 2 aromatic carbocycles. The molecule has 0 N–H and O–H groups in total. The van der Waals surface area contributed by atoms with Gasteiger partial charge in [0.25, 0.3) is 0 Å². The van der Waals surface area contributed by atoms with E-state index in [0.717, 1.165) is 16.1 Å². The predicted molar refractivity (Wildman–Crippen MR) is 83.0 cm³/mol. The zero-order valence-electron chi connectivity index (χ0n) is 11.0. The first-order chi connectivity index (χ1) is 9.81. The molecule has 0 heterocycles. The van der Waals surface area contributed by atoms with E-state index in [4.69, 9.17) is 4.74 Å². The van der Waals surface area contributed by atoms with Crippen molar-refractivity contribution in [3.8, 4) is 11.5 Å². The van der Waals surface area contributed by atoms with E-state index in [0.29, 0.717) is 16.6 Å². The van der Waals surface area contributed by atoms with Crippen molar-refractivity contribution in [3.63, 3.8) is 0 Å². The fourth-order valence-corrected chi connectivity index (χ4v) is 2.46. The second kappa shape index (κ2) is 6.40. The molecule has 6 heteroatoms. The van der Waals surface area contributed by atoms with Crippen LogP contribution in [0.25, 0.3) is 0 Å². The van der Waals surface area contributed by atoms with Crippen molar-refractivity contribution >= 4 is 31.9 Å². The Morgan fingerprint density at radius 1 is 1.05 bits per heavy atom. The van der Waals surface area contributed by atoms with Crippen LogP contribution in [-0.4, -0.2) is 0 Å².